The van der Waals surface area contributed by atoms with Crippen LogP contribution in [0.1, 0.15) is 27.2 Å². The standard InChI is InChI=1S/C17H20F3NO6/c1-16(2,3)27-15(24)21-9-12(8-13(21)14(22)23)25-10-5-4-6-11(7-10)26-17(18,19)20/h4-7,12-13H,8-9H2,1-3H3,(H,22,23)/t12-,13-/m0/s1. The number of hydrogen-bond donors (Lipinski definition) is 1. The Morgan fingerprint density at radius 3 is 2.37 bits per heavy atom. The lowest BCUT2D eigenvalue weighted by molar-refractivity contribution is -0.274. The van der Waals surface area contributed by atoms with Crippen LogP contribution in [0.25, 0.3) is 0 Å². The number of carbonyl (C=O) groups is 2. The number of carbonyl (C=O) groups excluding carboxylic acids is 1. The van der Waals surface area contributed by atoms with Crippen molar-refractivity contribution < 1.29 is 42.1 Å². The van der Waals surface area contributed by atoms with E-state index in [1.165, 1.54) is 12.1 Å². The van der Waals surface area contributed by atoms with Gasteiger partial charge in [0.05, 0.1) is 6.54 Å². The fourth-order valence-electron chi connectivity index (χ4n) is 2.58. The summed E-state index contributed by atoms with van der Waals surface area (Å²) in [5.74, 6) is -1.62. The van der Waals surface area contributed by atoms with Crippen molar-refractivity contribution in [3.8, 4) is 11.5 Å². The quantitative estimate of drug-likeness (QED) is 0.847. The van der Waals surface area contributed by atoms with Crippen LogP contribution in [0.5, 0.6) is 11.5 Å². The summed E-state index contributed by atoms with van der Waals surface area (Å²) in [6.07, 6.45) is -6.39. The second kappa shape index (κ2) is 7.53. The SMILES string of the molecule is CC(C)(C)OC(=O)N1C[C@@H](Oc2cccc(OC(F)(F)F)c2)C[C@H]1C(=O)O. The summed E-state index contributed by atoms with van der Waals surface area (Å²) in [6.45, 7) is 4.88. The monoisotopic (exact) mass is 391 g/mol. The first-order valence-electron chi connectivity index (χ1n) is 8.09. The zero-order chi connectivity index (χ0) is 20.4. The fourth-order valence-corrected chi connectivity index (χ4v) is 2.58. The lowest BCUT2D eigenvalue weighted by atomic mass is 10.2. The van der Waals surface area contributed by atoms with Crippen molar-refractivity contribution in [3.05, 3.63) is 24.3 Å². The van der Waals surface area contributed by atoms with Gasteiger partial charge >= 0.3 is 18.4 Å². The molecule has 1 saturated heterocycles. The van der Waals surface area contributed by atoms with Crippen molar-refractivity contribution in [3.63, 3.8) is 0 Å². The number of benzene rings is 1. The van der Waals surface area contributed by atoms with Crippen LogP contribution in [0.3, 0.4) is 0 Å². The van der Waals surface area contributed by atoms with Crippen molar-refractivity contribution >= 4 is 12.1 Å². The number of ether oxygens (including phenoxy) is 3. The zero-order valence-corrected chi connectivity index (χ0v) is 14.9. The molecule has 1 aromatic carbocycles. The van der Waals surface area contributed by atoms with Gasteiger partial charge in [0.1, 0.15) is 29.2 Å². The van der Waals surface area contributed by atoms with Gasteiger partial charge in [-0.15, -0.1) is 13.2 Å². The third-order valence-electron chi connectivity index (χ3n) is 3.52. The van der Waals surface area contributed by atoms with E-state index in [-0.39, 0.29) is 18.7 Å². The van der Waals surface area contributed by atoms with E-state index in [0.29, 0.717) is 0 Å². The number of rotatable bonds is 4. The van der Waals surface area contributed by atoms with E-state index in [4.69, 9.17) is 9.47 Å². The summed E-state index contributed by atoms with van der Waals surface area (Å²) in [7, 11) is 0. The van der Waals surface area contributed by atoms with Crippen LogP contribution < -0.4 is 9.47 Å². The third kappa shape index (κ3) is 6.22. The topological polar surface area (TPSA) is 85.3 Å². The Labute approximate surface area is 153 Å². The van der Waals surface area contributed by atoms with Crippen molar-refractivity contribution in [2.75, 3.05) is 6.54 Å². The van der Waals surface area contributed by atoms with Crippen LogP contribution in [0.4, 0.5) is 18.0 Å². The van der Waals surface area contributed by atoms with Crippen LogP contribution in [-0.4, -0.2) is 52.7 Å². The number of halogens is 3. The smallest absolute Gasteiger partial charge is 0.488 e. The highest BCUT2D eigenvalue weighted by Gasteiger charge is 2.42. The van der Waals surface area contributed by atoms with Gasteiger partial charge in [-0.2, -0.15) is 0 Å². The van der Waals surface area contributed by atoms with E-state index in [9.17, 15) is 27.9 Å². The zero-order valence-electron chi connectivity index (χ0n) is 14.9. The minimum atomic E-state index is -4.84. The molecule has 0 saturated carbocycles. The number of aliphatic carboxylic acids is 1. The van der Waals surface area contributed by atoms with Crippen LogP contribution in [0.15, 0.2) is 24.3 Å². The van der Waals surface area contributed by atoms with E-state index < -0.39 is 41.9 Å². The molecule has 10 heteroatoms. The summed E-state index contributed by atoms with van der Waals surface area (Å²) >= 11 is 0. The number of carboxylic acids is 1. The predicted molar refractivity (Wildman–Crippen MR) is 86.5 cm³/mol. The molecule has 150 valence electrons. The Balaban J connectivity index is 2.09. The maximum Gasteiger partial charge on any atom is 0.573 e. The molecule has 1 amide bonds. The molecule has 0 bridgehead atoms. The highest BCUT2D eigenvalue weighted by atomic mass is 19.4. The Bertz CT molecular complexity index is 701. The van der Waals surface area contributed by atoms with Crippen LogP contribution in [0.2, 0.25) is 0 Å². The van der Waals surface area contributed by atoms with E-state index in [1.807, 2.05) is 0 Å². The van der Waals surface area contributed by atoms with Crippen molar-refractivity contribution in [2.45, 2.75) is 51.3 Å². The molecule has 1 N–H and O–H groups in total. The van der Waals surface area contributed by atoms with Gasteiger partial charge in [-0.1, -0.05) is 6.07 Å². The number of alkyl halides is 3. The predicted octanol–water partition coefficient (Wildman–Crippen LogP) is 3.43. The number of likely N-dealkylation sites (tertiary alicyclic amines) is 1. The highest BCUT2D eigenvalue weighted by molar-refractivity contribution is 5.81. The van der Waals surface area contributed by atoms with Crippen LogP contribution in [0, 0.1) is 0 Å². The Morgan fingerprint density at radius 2 is 1.81 bits per heavy atom. The molecule has 1 aliphatic rings. The molecule has 1 aliphatic heterocycles. The molecule has 2 atom stereocenters. The first-order valence-corrected chi connectivity index (χ1v) is 8.09. The molecule has 2 rings (SSSR count). The lowest BCUT2D eigenvalue weighted by Gasteiger charge is -2.26. The summed E-state index contributed by atoms with van der Waals surface area (Å²) in [6, 6.07) is 3.72. The van der Waals surface area contributed by atoms with Gasteiger partial charge in [-0.25, -0.2) is 9.59 Å². The lowest BCUT2D eigenvalue weighted by Crippen LogP contribution is -2.43. The number of amides is 1. The van der Waals surface area contributed by atoms with Crippen LogP contribution in [-0.2, 0) is 9.53 Å². The average Bonchev–Trinajstić information content (AvgIpc) is 2.88. The average molecular weight is 391 g/mol. The number of carboxylic acid groups (broad SMARTS) is 1. The van der Waals surface area contributed by atoms with Crippen molar-refractivity contribution in [1.29, 1.82) is 0 Å². The fraction of sp³-hybridized carbons (Fsp3) is 0.529. The van der Waals surface area contributed by atoms with E-state index in [0.717, 1.165) is 17.0 Å². The largest absolute Gasteiger partial charge is 0.573 e. The normalized spacial score (nSPS) is 20.3. The van der Waals surface area contributed by atoms with Crippen molar-refractivity contribution in [2.24, 2.45) is 0 Å². The molecular formula is C17H20F3NO6. The molecule has 27 heavy (non-hydrogen) atoms. The van der Waals surface area contributed by atoms with E-state index in [2.05, 4.69) is 4.74 Å². The first-order chi connectivity index (χ1) is 12.3. The van der Waals surface area contributed by atoms with Gasteiger partial charge in [-0.05, 0) is 32.9 Å². The van der Waals surface area contributed by atoms with E-state index in [1.54, 1.807) is 20.8 Å². The molecular weight excluding hydrogens is 371 g/mol. The first kappa shape index (κ1) is 20.7. The summed E-state index contributed by atoms with van der Waals surface area (Å²) in [4.78, 5) is 24.7. The molecule has 0 unspecified atom stereocenters. The van der Waals surface area contributed by atoms with Gasteiger partial charge in [0.15, 0.2) is 0 Å². The molecule has 0 aliphatic carbocycles. The molecule has 1 fully saturated rings. The highest BCUT2D eigenvalue weighted by Crippen LogP contribution is 2.29. The Hall–Kier alpha value is -2.65. The Morgan fingerprint density at radius 1 is 1.19 bits per heavy atom. The van der Waals surface area contributed by atoms with Gasteiger partial charge in [0, 0.05) is 12.5 Å². The van der Waals surface area contributed by atoms with Crippen molar-refractivity contribution in [1.82, 2.24) is 4.90 Å². The second-order valence-electron chi connectivity index (χ2n) is 6.98. The maximum atomic E-state index is 12.3. The second-order valence-corrected chi connectivity index (χ2v) is 6.98. The molecule has 1 aromatic rings. The minimum absolute atomic E-state index is 0.0288. The van der Waals surface area contributed by atoms with Crippen LogP contribution >= 0.6 is 0 Å². The molecule has 7 nitrogen and oxygen atoms in total. The molecule has 0 spiro atoms. The summed E-state index contributed by atoms with van der Waals surface area (Å²) < 4.78 is 51.5. The summed E-state index contributed by atoms with van der Waals surface area (Å²) in [5, 5.41) is 9.34. The number of nitrogens with zero attached hydrogens (tertiary/aromatic N) is 1. The van der Waals surface area contributed by atoms with Gasteiger partial charge in [-0.3, -0.25) is 4.90 Å². The third-order valence-corrected chi connectivity index (χ3v) is 3.52. The minimum Gasteiger partial charge on any atom is -0.488 e. The molecule has 1 heterocycles. The molecule has 0 radical (unpaired) electrons. The Kier molecular flexibility index (Phi) is 5.76. The maximum absolute atomic E-state index is 12.3. The number of hydrogen-bond acceptors (Lipinski definition) is 5. The van der Waals surface area contributed by atoms with Gasteiger partial charge in [0.2, 0.25) is 0 Å². The van der Waals surface area contributed by atoms with Gasteiger partial charge in [0.25, 0.3) is 0 Å². The van der Waals surface area contributed by atoms with E-state index >= 15 is 0 Å². The van der Waals surface area contributed by atoms with Gasteiger partial charge < -0.3 is 19.3 Å². The summed E-state index contributed by atoms with van der Waals surface area (Å²) in [5.41, 5.74) is -0.803. The molecule has 0 aromatic heterocycles.